The number of benzene rings is 2. The number of fused-ring (bicyclic) bond motifs is 1. The smallest absolute Gasteiger partial charge is 0.220 e. The first-order valence-corrected chi connectivity index (χ1v) is 9.42. The Hall–Kier alpha value is -2.82. The molecular formula is C22H27N3O2. The van der Waals surface area contributed by atoms with Gasteiger partial charge >= 0.3 is 0 Å². The standard InChI is InChI=1S/C22H27N3O2/c1-15(2)14-20(22-24-18-6-4-5-7-19(18)25-22)23-21(26)13-10-16-8-11-17(27-3)12-9-16/h4-9,11-12,15,20H,10,13-14H2,1-3H3,(H,23,26)(H,24,25). The summed E-state index contributed by atoms with van der Waals surface area (Å²) in [6.07, 6.45) is 1.99. The monoisotopic (exact) mass is 365 g/mol. The molecule has 3 aromatic rings. The molecule has 0 aliphatic carbocycles. The third-order valence-corrected chi connectivity index (χ3v) is 4.58. The van der Waals surface area contributed by atoms with Crippen LogP contribution in [0.2, 0.25) is 0 Å². The molecule has 1 atom stereocenters. The number of aromatic nitrogens is 2. The van der Waals surface area contributed by atoms with Crippen LogP contribution in [0.5, 0.6) is 5.75 Å². The summed E-state index contributed by atoms with van der Waals surface area (Å²) in [7, 11) is 1.65. The fourth-order valence-electron chi connectivity index (χ4n) is 3.16. The predicted molar refractivity (Wildman–Crippen MR) is 108 cm³/mol. The molecule has 5 nitrogen and oxygen atoms in total. The lowest BCUT2D eigenvalue weighted by Gasteiger charge is -2.18. The van der Waals surface area contributed by atoms with E-state index in [4.69, 9.17) is 4.74 Å². The van der Waals surface area contributed by atoms with E-state index in [1.54, 1.807) is 7.11 Å². The first kappa shape index (κ1) is 19.0. The van der Waals surface area contributed by atoms with Crippen LogP contribution in [0.3, 0.4) is 0 Å². The average Bonchev–Trinajstić information content (AvgIpc) is 3.10. The van der Waals surface area contributed by atoms with Crippen molar-refractivity contribution in [1.29, 1.82) is 0 Å². The van der Waals surface area contributed by atoms with Crippen LogP contribution in [0, 0.1) is 5.92 Å². The van der Waals surface area contributed by atoms with Crippen molar-refractivity contribution in [2.24, 2.45) is 5.92 Å². The van der Waals surface area contributed by atoms with E-state index in [1.807, 2.05) is 48.5 Å². The molecule has 0 bridgehead atoms. The van der Waals surface area contributed by atoms with Crippen LogP contribution in [-0.4, -0.2) is 23.0 Å². The highest BCUT2D eigenvalue weighted by Crippen LogP contribution is 2.22. The number of carbonyl (C=O) groups excluding carboxylic acids is 1. The Morgan fingerprint density at radius 1 is 1.15 bits per heavy atom. The van der Waals surface area contributed by atoms with E-state index < -0.39 is 0 Å². The van der Waals surface area contributed by atoms with Crippen LogP contribution in [0.15, 0.2) is 48.5 Å². The van der Waals surface area contributed by atoms with E-state index in [0.29, 0.717) is 18.8 Å². The van der Waals surface area contributed by atoms with Gasteiger partial charge in [0.1, 0.15) is 11.6 Å². The normalized spacial score (nSPS) is 12.3. The summed E-state index contributed by atoms with van der Waals surface area (Å²) < 4.78 is 5.17. The molecule has 0 radical (unpaired) electrons. The predicted octanol–water partition coefficient (Wildman–Crippen LogP) is 4.41. The number of aromatic amines is 1. The number of nitrogens with zero attached hydrogens (tertiary/aromatic N) is 1. The summed E-state index contributed by atoms with van der Waals surface area (Å²) in [5.74, 6) is 2.13. The lowest BCUT2D eigenvalue weighted by molar-refractivity contribution is -0.122. The maximum absolute atomic E-state index is 12.5. The van der Waals surface area contributed by atoms with Crippen molar-refractivity contribution in [2.75, 3.05) is 7.11 Å². The Labute approximate surface area is 160 Å². The van der Waals surface area contributed by atoms with Crippen molar-refractivity contribution in [1.82, 2.24) is 15.3 Å². The van der Waals surface area contributed by atoms with Gasteiger partial charge < -0.3 is 15.0 Å². The zero-order chi connectivity index (χ0) is 19.2. The summed E-state index contributed by atoms with van der Waals surface area (Å²) >= 11 is 0. The van der Waals surface area contributed by atoms with Gasteiger partial charge in [0.15, 0.2) is 0 Å². The Morgan fingerprint density at radius 3 is 2.56 bits per heavy atom. The summed E-state index contributed by atoms with van der Waals surface area (Å²) in [5.41, 5.74) is 3.04. The number of hydrogen-bond donors (Lipinski definition) is 2. The largest absolute Gasteiger partial charge is 0.497 e. The Bertz CT molecular complexity index is 851. The van der Waals surface area contributed by atoms with Crippen LogP contribution in [0.25, 0.3) is 11.0 Å². The first-order chi connectivity index (χ1) is 13.0. The molecule has 1 amide bonds. The van der Waals surface area contributed by atoms with Gasteiger partial charge in [0, 0.05) is 6.42 Å². The van der Waals surface area contributed by atoms with Crippen molar-refractivity contribution >= 4 is 16.9 Å². The number of nitrogens with one attached hydrogen (secondary N) is 2. The molecule has 0 spiro atoms. The van der Waals surface area contributed by atoms with Crippen molar-refractivity contribution in [2.45, 2.75) is 39.2 Å². The van der Waals surface area contributed by atoms with E-state index >= 15 is 0 Å². The molecule has 0 aliphatic heterocycles. The molecular weight excluding hydrogens is 338 g/mol. The topological polar surface area (TPSA) is 67.0 Å². The molecule has 0 saturated carbocycles. The molecule has 0 aliphatic rings. The molecule has 0 saturated heterocycles. The van der Waals surface area contributed by atoms with Crippen molar-refractivity contribution in [3.63, 3.8) is 0 Å². The SMILES string of the molecule is COc1ccc(CCC(=O)NC(CC(C)C)c2nc3ccccc3[nH]2)cc1. The quantitative estimate of drug-likeness (QED) is 0.621. The third-order valence-electron chi connectivity index (χ3n) is 4.58. The molecule has 1 aromatic heterocycles. The van der Waals surface area contributed by atoms with Gasteiger partial charge in [0.25, 0.3) is 0 Å². The fraction of sp³-hybridized carbons (Fsp3) is 0.364. The molecule has 0 fully saturated rings. The minimum atomic E-state index is -0.110. The zero-order valence-corrected chi connectivity index (χ0v) is 16.2. The highest BCUT2D eigenvalue weighted by molar-refractivity contribution is 5.77. The number of hydrogen-bond acceptors (Lipinski definition) is 3. The van der Waals surface area contributed by atoms with Crippen molar-refractivity contribution in [3.05, 3.63) is 59.9 Å². The minimum absolute atomic E-state index is 0.0388. The highest BCUT2D eigenvalue weighted by Gasteiger charge is 2.19. The van der Waals surface area contributed by atoms with Gasteiger partial charge in [0.05, 0.1) is 24.2 Å². The molecule has 2 N–H and O–H groups in total. The lowest BCUT2D eigenvalue weighted by Crippen LogP contribution is -2.30. The van der Waals surface area contributed by atoms with Crippen LogP contribution < -0.4 is 10.1 Å². The van der Waals surface area contributed by atoms with Gasteiger partial charge in [-0.1, -0.05) is 38.1 Å². The molecule has 1 unspecified atom stereocenters. The van der Waals surface area contributed by atoms with Crippen LogP contribution in [0.1, 0.15) is 44.1 Å². The minimum Gasteiger partial charge on any atom is -0.497 e. The van der Waals surface area contributed by atoms with Crippen LogP contribution in [0.4, 0.5) is 0 Å². The number of aryl methyl sites for hydroxylation is 1. The third kappa shape index (κ3) is 5.09. The second-order valence-corrected chi connectivity index (χ2v) is 7.24. The maximum Gasteiger partial charge on any atom is 0.220 e. The van der Waals surface area contributed by atoms with Crippen LogP contribution in [-0.2, 0) is 11.2 Å². The number of imidazole rings is 1. The summed E-state index contributed by atoms with van der Waals surface area (Å²) in [5, 5.41) is 3.16. The van der Waals surface area contributed by atoms with Gasteiger partial charge in [-0.25, -0.2) is 4.98 Å². The van der Waals surface area contributed by atoms with Gasteiger partial charge in [-0.3, -0.25) is 4.79 Å². The molecule has 3 rings (SSSR count). The maximum atomic E-state index is 12.5. The van der Waals surface area contributed by atoms with E-state index in [1.165, 1.54) is 0 Å². The van der Waals surface area contributed by atoms with Crippen molar-refractivity contribution < 1.29 is 9.53 Å². The molecule has 5 heteroatoms. The first-order valence-electron chi connectivity index (χ1n) is 9.42. The van der Waals surface area contributed by atoms with E-state index in [-0.39, 0.29) is 11.9 Å². The van der Waals surface area contributed by atoms with Gasteiger partial charge in [-0.05, 0) is 48.6 Å². The van der Waals surface area contributed by atoms with E-state index in [0.717, 1.165) is 34.6 Å². The number of H-pyrrole nitrogens is 1. The Morgan fingerprint density at radius 2 is 1.89 bits per heavy atom. The molecule has 2 aromatic carbocycles. The van der Waals surface area contributed by atoms with Gasteiger partial charge in [-0.2, -0.15) is 0 Å². The molecule has 142 valence electrons. The fourth-order valence-corrected chi connectivity index (χ4v) is 3.16. The summed E-state index contributed by atoms with van der Waals surface area (Å²) in [6.45, 7) is 4.30. The number of para-hydroxylation sites is 2. The molecule has 27 heavy (non-hydrogen) atoms. The number of methoxy groups -OCH3 is 1. The van der Waals surface area contributed by atoms with Gasteiger partial charge in [-0.15, -0.1) is 0 Å². The van der Waals surface area contributed by atoms with E-state index in [9.17, 15) is 4.79 Å². The summed E-state index contributed by atoms with van der Waals surface area (Å²) in [4.78, 5) is 20.6. The second-order valence-electron chi connectivity index (χ2n) is 7.24. The zero-order valence-electron chi connectivity index (χ0n) is 16.2. The average molecular weight is 365 g/mol. The van der Waals surface area contributed by atoms with Crippen LogP contribution >= 0.6 is 0 Å². The number of amides is 1. The lowest BCUT2D eigenvalue weighted by atomic mass is 10.0. The van der Waals surface area contributed by atoms with Crippen molar-refractivity contribution in [3.8, 4) is 5.75 Å². The Balaban J connectivity index is 1.65. The number of ether oxygens (including phenoxy) is 1. The second kappa shape index (κ2) is 8.71. The molecule has 1 heterocycles. The van der Waals surface area contributed by atoms with Gasteiger partial charge in [0.2, 0.25) is 5.91 Å². The van der Waals surface area contributed by atoms with E-state index in [2.05, 4.69) is 29.1 Å². The Kier molecular flexibility index (Phi) is 6.12. The highest BCUT2D eigenvalue weighted by atomic mass is 16.5. The number of rotatable bonds is 8. The number of carbonyl (C=O) groups is 1. The summed E-state index contributed by atoms with van der Waals surface area (Å²) in [6, 6.07) is 15.7.